The van der Waals surface area contributed by atoms with Gasteiger partial charge in [0.15, 0.2) is 0 Å². The van der Waals surface area contributed by atoms with Gasteiger partial charge in [0.25, 0.3) is 0 Å². The summed E-state index contributed by atoms with van der Waals surface area (Å²) < 4.78 is 5.52. The second kappa shape index (κ2) is 72.3. The largest absolute Gasteiger partial charge is 0.466 e. The lowest BCUT2D eigenvalue weighted by molar-refractivity contribution is -0.143. The number of unbranched alkanes of at least 4 members (excludes halogenated alkanes) is 62. The van der Waals surface area contributed by atoms with Gasteiger partial charge in [0.05, 0.1) is 25.4 Å². The summed E-state index contributed by atoms with van der Waals surface area (Å²) in [4.78, 5) is 24.6. The molecule has 0 radical (unpaired) electrons. The van der Waals surface area contributed by atoms with Gasteiger partial charge in [-0.05, 0) is 25.7 Å². The molecule has 0 saturated carbocycles. The highest BCUT2D eigenvalue weighted by Gasteiger charge is 2.20. The summed E-state index contributed by atoms with van der Waals surface area (Å²) in [5.41, 5.74) is 0. The molecule has 0 bridgehead atoms. The fourth-order valence-electron chi connectivity index (χ4n) is 12.6. The summed E-state index contributed by atoms with van der Waals surface area (Å²) in [6.45, 7) is 5.01. The zero-order valence-electron chi connectivity index (χ0n) is 56.3. The van der Waals surface area contributed by atoms with Crippen LogP contribution in [0.3, 0.4) is 0 Å². The Labute approximate surface area is 515 Å². The topological polar surface area (TPSA) is 95.9 Å². The molecule has 0 aliphatic rings. The van der Waals surface area contributed by atoms with Crippen LogP contribution in [-0.4, -0.2) is 47.4 Å². The van der Waals surface area contributed by atoms with Crippen molar-refractivity contribution in [3.05, 3.63) is 0 Å². The van der Waals surface area contributed by atoms with Crippen LogP contribution in [0, 0.1) is 0 Å². The van der Waals surface area contributed by atoms with E-state index in [4.69, 9.17) is 4.74 Å². The highest BCUT2D eigenvalue weighted by atomic mass is 16.5. The molecule has 0 aromatic rings. The molecule has 0 saturated heterocycles. The Morgan fingerprint density at radius 1 is 0.293 bits per heavy atom. The first kappa shape index (κ1) is 80.9. The molecule has 0 spiro atoms. The zero-order valence-corrected chi connectivity index (χ0v) is 56.3. The monoisotopic (exact) mass is 1160 g/mol. The predicted octanol–water partition coefficient (Wildman–Crippen LogP) is 24.9. The minimum absolute atomic E-state index is 0.0263. The van der Waals surface area contributed by atoms with E-state index >= 15 is 0 Å². The molecule has 0 rings (SSSR count). The van der Waals surface area contributed by atoms with Crippen LogP contribution in [-0.2, 0) is 14.3 Å². The molecule has 2 atom stereocenters. The number of amides is 1. The maximum absolute atomic E-state index is 12.5. The molecule has 0 aliphatic carbocycles. The Bertz CT molecular complexity index is 1200. The van der Waals surface area contributed by atoms with Gasteiger partial charge in [-0.2, -0.15) is 0 Å². The number of carbonyl (C=O) groups is 2. The highest BCUT2D eigenvalue weighted by molar-refractivity contribution is 5.76. The van der Waals surface area contributed by atoms with Gasteiger partial charge in [0.1, 0.15) is 0 Å². The van der Waals surface area contributed by atoms with Crippen molar-refractivity contribution in [3.63, 3.8) is 0 Å². The highest BCUT2D eigenvalue weighted by Crippen LogP contribution is 2.20. The normalized spacial score (nSPS) is 12.4. The van der Waals surface area contributed by atoms with E-state index in [1.807, 2.05) is 0 Å². The van der Waals surface area contributed by atoms with E-state index in [-0.39, 0.29) is 18.5 Å². The van der Waals surface area contributed by atoms with Crippen molar-refractivity contribution in [1.29, 1.82) is 0 Å². The van der Waals surface area contributed by atoms with Gasteiger partial charge in [0, 0.05) is 12.8 Å². The molecule has 6 heteroatoms. The molecular weight excluding hydrogens is 1010 g/mol. The Kier molecular flexibility index (Phi) is 71.3. The number of carbonyl (C=O) groups excluding carboxylic acids is 2. The minimum Gasteiger partial charge on any atom is -0.466 e. The number of nitrogens with one attached hydrogen (secondary N) is 1. The van der Waals surface area contributed by atoms with Gasteiger partial charge in [-0.3, -0.25) is 9.59 Å². The van der Waals surface area contributed by atoms with Gasteiger partial charge < -0.3 is 20.3 Å². The summed E-state index contributed by atoms with van der Waals surface area (Å²) in [5, 5.41) is 23.4. The van der Waals surface area contributed by atoms with Gasteiger partial charge in [-0.25, -0.2) is 0 Å². The van der Waals surface area contributed by atoms with Crippen molar-refractivity contribution in [2.45, 2.75) is 463 Å². The minimum atomic E-state index is -0.660. The van der Waals surface area contributed by atoms with E-state index in [2.05, 4.69) is 19.2 Å². The lowest BCUT2D eigenvalue weighted by Crippen LogP contribution is -2.45. The molecular formula is C76H151NO5. The van der Waals surface area contributed by atoms with E-state index in [0.717, 1.165) is 38.5 Å². The van der Waals surface area contributed by atoms with Crippen LogP contribution in [0.25, 0.3) is 0 Å². The number of hydrogen-bond donors (Lipinski definition) is 3. The molecule has 6 nitrogen and oxygen atoms in total. The molecule has 3 N–H and O–H groups in total. The van der Waals surface area contributed by atoms with E-state index in [1.165, 1.54) is 379 Å². The van der Waals surface area contributed by atoms with Crippen LogP contribution in [0.4, 0.5) is 0 Å². The predicted molar refractivity (Wildman–Crippen MR) is 361 cm³/mol. The smallest absolute Gasteiger partial charge is 0.305 e. The molecule has 2 unspecified atom stereocenters. The molecule has 82 heavy (non-hydrogen) atoms. The van der Waals surface area contributed by atoms with Crippen LogP contribution in [0.15, 0.2) is 0 Å². The van der Waals surface area contributed by atoms with Crippen molar-refractivity contribution in [3.8, 4) is 0 Å². The van der Waals surface area contributed by atoms with Crippen LogP contribution in [0.2, 0.25) is 0 Å². The van der Waals surface area contributed by atoms with Crippen molar-refractivity contribution in [2.75, 3.05) is 13.2 Å². The van der Waals surface area contributed by atoms with Crippen LogP contribution >= 0.6 is 0 Å². The first-order chi connectivity index (χ1) is 40.5. The van der Waals surface area contributed by atoms with Crippen molar-refractivity contribution >= 4 is 11.9 Å². The first-order valence-corrected chi connectivity index (χ1v) is 38.3. The summed E-state index contributed by atoms with van der Waals surface area (Å²) in [6.07, 6.45) is 89.0. The standard InChI is InChI=1S/C76H151NO5/c1-3-5-7-9-11-13-15-17-19-20-38-42-46-50-54-58-62-66-70-76(81)82-71-67-63-59-55-51-47-43-39-36-34-32-30-28-26-24-22-21-23-25-27-29-31-33-35-37-41-45-49-53-57-61-65-69-75(80)77-73(72-78)74(79)68-64-60-56-52-48-44-40-18-16-14-12-10-8-6-4-2/h73-74,78-79H,3-72H2,1-2H3,(H,77,80). The van der Waals surface area contributed by atoms with E-state index in [9.17, 15) is 19.8 Å². The molecule has 1 amide bonds. The Balaban J connectivity index is 3.29. The summed E-state index contributed by atoms with van der Waals surface area (Å²) in [7, 11) is 0. The third-order valence-electron chi connectivity index (χ3n) is 18.4. The Hall–Kier alpha value is -1.14. The summed E-state index contributed by atoms with van der Waals surface area (Å²) >= 11 is 0. The fraction of sp³-hybridized carbons (Fsp3) is 0.974. The Morgan fingerprint density at radius 2 is 0.500 bits per heavy atom. The average Bonchev–Trinajstić information content (AvgIpc) is 3.48. The number of aliphatic hydroxyl groups excluding tert-OH is 2. The molecule has 490 valence electrons. The van der Waals surface area contributed by atoms with Crippen LogP contribution in [0.5, 0.6) is 0 Å². The third-order valence-corrected chi connectivity index (χ3v) is 18.4. The van der Waals surface area contributed by atoms with Crippen molar-refractivity contribution < 1.29 is 24.5 Å². The summed E-state index contributed by atoms with van der Waals surface area (Å²) in [6, 6.07) is -0.537. The number of aliphatic hydroxyl groups is 2. The second-order valence-corrected chi connectivity index (χ2v) is 26.7. The molecule has 0 aromatic heterocycles. The first-order valence-electron chi connectivity index (χ1n) is 38.3. The number of ether oxygens (including phenoxy) is 1. The van der Waals surface area contributed by atoms with E-state index < -0.39 is 12.1 Å². The molecule has 0 aromatic carbocycles. The lowest BCUT2D eigenvalue weighted by atomic mass is 10.0. The van der Waals surface area contributed by atoms with E-state index in [0.29, 0.717) is 25.9 Å². The SMILES string of the molecule is CCCCCCCCCCCCCCCCCCCCC(=O)OCCCCCCCCCCCCCCCCCCCCCCCCCCCCCCCCCCC(=O)NC(CO)C(O)CCCCCCCCCCCCCCCCC. The van der Waals surface area contributed by atoms with E-state index in [1.54, 1.807) is 0 Å². The zero-order chi connectivity index (χ0) is 59.2. The fourth-order valence-corrected chi connectivity index (χ4v) is 12.6. The lowest BCUT2D eigenvalue weighted by Gasteiger charge is -2.22. The maximum atomic E-state index is 12.5. The quantitative estimate of drug-likeness (QED) is 0.0417. The number of hydrogen-bond acceptors (Lipinski definition) is 5. The number of rotatable bonds is 73. The van der Waals surface area contributed by atoms with Crippen LogP contribution in [0.1, 0.15) is 450 Å². The molecule has 0 heterocycles. The second-order valence-electron chi connectivity index (χ2n) is 26.7. The summed E-state index contributed by atoms with van der Waals surface area (Å²) in [5.74, 6) is 0.000731. The van der Waals surface area contributed by atoms with Crippen molar-refractivity contribution in [2.24, 2.45) is 0 Å². The van der Waals surface area contributed by atoms with Gasteiger partial charge in [-0.1, -0.05) is 412 Å². The average molecular weight is 1160 g/mol. The van der Waals surface area contributed by atoms with Gasteiger partial charge >= 0.3 is 5.97 Å². The molecule has 0 fully saturated rings. The Morgan fingerprint density at radius 3 is 0.744 bits per heavy atom. The van der Waals surface area contributed by atoms with Gasteiger partial charge in [0.2, 0.25) is 5.91 Å². The number of esters is 1. The maximum Gasteiger partial charge on any atom is 0.305 e. The van der Waals surface area contributed by atoms with Crippen molar-refractivity contribution in [1.82, 2.24) is 5.32 Å². The third kappa shape index (κ3) is 68.0. The molecule has 0 aliphatic heterocycles. The van der Waals surface area contributed by atoms with Gasteiger partial charge in [-0.15, -0.1) is 0 Å². The van der Waals surface area contributed by atoms with Crippen LogP contribution < -0.4 is 5.32 Å².